The normalized spacial score (nSPS) is 11.5. The average molecular weight is 252 g/mol. The predicted molar refractivity (Wildman–Crippen MR) is 77.5 cm³/mol. The van der Waals surface area contributed by atoms with E-state index in [1.807, 2.05) is 12.1 Å². The molecule has 0 unspecified atom stereocenters. The van der Waals surface area contributed by atoms with E-state index >= 15 is 0 Å². The fourth-order valence-electron chi connectivity index (χ4n) is 1.87. The predicted octanol–water partition coefficient (Wildman–Crippen LogP) is 2.11. The van der Waals surface area contributed by atoms with Gasteiger partial charge >= 0.3 is 0 Å². The number of nitrogens with zero attached hydrogens (tertiary/aromatic N) is 1. The maximum absolute atomic E-state index is 5.83. The Bertz CT molecular complexity index is 375. The first-order valence-corrected chi connectivity index (χ1v) is 6.62. The van der Waals surface area contributed by atoms with E-state index in [2.05, 4.69) is 20.9 Å². The van der Waals surface area contributed by atoms with Crippen LogP contribution in [0.25, 0.3) is 0 Å². The van der Waals surface area contributed by atoms with Crippen molar-refractivity contribution < 1.29 is 9.22 Å². The van der Waals surface area contributed by atoms with Gasteiger partial charge in [-0.3, -0.25) is 0 Å². The molecule has 0 amide bonds. The number of rotatable bonds is 7. The smallest absolute Gasteiger partial charge is 0.142 e. The molecule has 1 rings (SSSR count). The van der Waals surface area contributed by atoms with Gasteiger partial charge in [0.1, 0.15) is 5.75 Å². The number of quaternary nitrogens is 1. The van der Waals surface area contributed by atoms with Crippen molar-refractivity contribution in [1.29, 1.82) is 0 Å². The molecule has 0 bridgehead atoms. The third-order valence-corrected chi connectivity index (χ3v) is 3.66. The molecule has 0 heterocycles. The van der Waals surface area contributed by atoms with Crippen LogP contribution < -0.4 is 16.2 Å². The van der Waals surface area contributed by atoms with Crippen molar-refractivity contribution in [3.05, 3.63) is 18.2 Å². The standard InChI is InChI=1S/C14H26N3O/c1-4-17(3,5-2)9-6-10-18-14-8-7-12(15)11-13(14)16/h7-8,11H,4-6,9-10,15-16H2,1-3H3/q+1. The summed E-state index contributed by atoms with van der Waals surface area (Å²) in [5, 5.41) is 0. The third-order valence-electron chi connectivity index (χ3n) is 3.66. The van der Waals surface area contributed by atoms with Crippen LogP contribution in [-0.4, -0.2) is 37.8 Å². The van der Waals surface area contributed by atoms with Crippen LogP contribution in [0, 0.1) is 0 Å². The van der Waals surface area contributed by atoms with Gasteiger partial charge in [0.05, 0.1) is 39.0 Å². The third kappa shape index (κ3) is 4.11. The Balaban J connectivity index is 2.38. The van der Waals surface area contributed by atoms with E-state index in [4.69, 9.17) is 16.2 Å². The Hall–Kier alpha value is -1.42. The molecule has 0 radical (unpaired) electrons. The summed E-state index contributed by atoms with van der Waals surface area (Å²) < 4.78 is 6.77. The van der Waals surface area contributed by atoms with Gasteiger partial charge < -0.3 is 20.7 Å². The molecule has 0 aliphatic rings. The minimum absolute atomic E-state index is 0.609. The monoisotopic (exact) mass is 252 g/mol. The summed E-state index contributed by atoms with van der Waals surface area (Å²) in [4.78, 5) is 0. The van der Waals surface area contributed by atoms with Gasteiger partial charge in [-0.25, -0.2) is 0 Å². The summed E-state index contributed by atoms with van der Waals surface area (Å²) in [5.74, 6) is 0.728. The molecule has 0 saturated heterocycles. The molecule has 0 spiro atoms. The molecule has 4 nitrogen and oxygen atoms in total. The van der Waals surface area contributed by atoms with Gasteiger partial charge in [-0.2, -0.15) is 0 Å². The SMILES string of the molecule is CC[N+](C)(CC)CCCOc1ccc(N)cc1N. The largest absolute Gasteiger partial charge is 0.491 e. The lowest BCUT2D eigenvalue weighted by Gasteiger charge is -2.32. The van der Waals surface area contributed by atoms with Crippen molar-refractivity contribution in [3.8, 4) is 5.75 Å². The second-order valence-electron chi connectivity index (χ2n) is 4.97. The van der Waals surface area contributed by atoms with Crippen LogP contribution in [0.15, 0.2) is 18.2 Å². The average Bonchev–Trinajstić information content (AvgIpc) is 2.36. The molecule has 1 aromatic carbocycles. The molecule has 4 heteroatoms. The van der Waals surface area contributed by atoms with E-state index in [9.17, 15) is 0 Å². The van der Waals surface area contributed by atoms with E-state index in [1.54, 1.807) is 6.07 Å². The summed E-state index contributed by atoms with van der Waals surface area (Å²) in [6.45, 7) is 8.58. The number of benzene rings is 1. The van der Waals surface area contributed by atoms with Crippen LogP contribution in [0.4, 0.5) is 11.4 Å². The molecule has 0 fully saturated rings. The van der Waals surface area contributed by atoms with Crippen molar-refractivity contribution in [1.82, 2.24) is 0 Å². The van der Waals surface area contributed by atoms with Gasteiger partial charge in [0.2, 0.25) is 0 Å². The van der Waals surface area contributed by atoms with Crippen molar-refractivity contribution in [2.45, 2.75) is 20.3 Å². The zero-order valence-electron chi connectivity index (χ0n) is 11.8. The summed E-state index contributed by atoms with van der Waals surface area (Å²) >= 11 is 0. The van der Waals surface area contributed by atoms with Crippen molar-refractivity contribution in [3.63, 3.8) is 0 Å². The molecular formula is C14H26N3O+. The van der Waals surface area contributed by atoms with Gasteiger partial charge in [0.25, 0.3) is 0 Å². The summed E-state index contributed by atoms with van der Waals surface area (Å²) in [7, 11) is 2.28. The van der Waals surface area contributed by atoms with Gasteiger partial charge in [-0.05, 0) is 32.0 Å². The molecule has 18 heavy (non-hydrogen) atoms. The minimum Gasteiger partial charge on any atom is -0.491 e. The van der Waals surface area contributed by atoms with Crippen molar-refractivity contribution >= 4 is 11.4 Å². The molecule has 0 atom stereocenters. The lowest BCUT2D eigenvalue weighted by molar-refractivity contribution is -0.906. The number of ether oxygens (including phenoxy) is 1. The Morgan fingerprint density at radius 2 is 1.83 bits per heavy atom. The molecule has 0 aromatic heterocycles. The highest BCUT2D eigenvalue weighted by Gasteiger charge is 2.15. The summed E-state index contributed by atoms with van der Waals surface area (Å²) in [6, 6.07) is 5.37. The fraction of sp³-hybridized carbons (Fsp3) is 0.571. The second-order valence-corrected chi connectivity index (χ2v) is 4.97. The first-order chi connectivity index (χ1) is 8.50. The Morgan fingerprint density at radius 1 is 1.17 bits per heavy atom. The van der Waals surface area contributed by atoms with E-state index in [0.29, 0.717) is 18.0 Å². The molecule has 102 valence electrons. The zero-order valence-corrected chi connectivity index (χ0v) is 11.8. The zero-order chi connectivity index (χ0) is 13.6. The number of hydrogen-bond acceptors (Lipinski definition) is 3. The Morgan fingerprint density at radius 3 is 2.39 bits per heavy atom. The second kappa shape index (κ2) is 6.50. The summed E-state index contributed by atoms with van der Waals surface area (Å²) in [5.41, 5.74) is 12.7. The fourth-order valence-corrected chi connectivity index (χ4v) is 1.87. The topological polar surface area (TPSA) is 61.3 Å². The quantitative estimate of drug-likeness (QED) is 0.444. The van der Waals surface area contributed by atoms with E-state index in [0.717, 1.165) is 36.3 Å². The van der Waals surface area contributed by atoms with Gasteiger partial charge in [-0.15, -0.1) is 0 Å². The lowest BCUT2D eigenvalue weighted by atomic mass is 10.2. The first-order valence-electron chi connectivity index (χ1n) is 6.62. The van der Waals surface area contributed by atoms with Crippen LogP contribution in [0.1, 0.15) is 20.3 Å². The van der Waals surface area contributed by atoms with Crippen LogP contribution in [0.2, 0.25) is 0 Å². The Kier molecular flexibility index (Phi) is 5.28. The highest BCUT2D eigenvalue weighted by molar-refractivity contribution is 5.60. The van der Waals surface area contributed by atoms with Crippen LogP contribution in [0.3, 0.4) is 0 Å². The van der Waals surface area contributed by atoms with Gasteiger partial charge in [-0.1, -0.05) is 0 Å². The Labute approximate surface area is 110 Å². The van der Waals surface area contributed by atoms with Crippen LogP contribution in [-0.2, 0) is 0 Å². The highest BCUT2D eigenvalue weighted by Crippen LogP contribution is 2.23. The number of nitrogens with two attached hydrogens (primary N) is 2. The number of nitrogen functional groups attached to an aromatic ring is 2. The molecule has 0 saturated carbocycles. The van der Waals surface area contributed by atoms with Gasteiger partial charge in [0, 0.05) is 12.1 Å². The minimum atomic E-state index is 0.609. The first kappa shape index (κ1) is 14.6. The number of anilines is 2. The highest BCUT2D eigenvalue weighted by atomic mass is 16.5. The van der Waals surface area contributed by atoms with E-state index in [1.165, 1.54) is 0 Å². The molecule has 1 aromatic rings. The lowest BCUT2D eigenvalue weighted by Crippen LogP contribution is -2.44. The molecule has 0 aliphatic carbocycles. The molecule has 4 N–H and O–H groups in total. The van der Waals surface area contributed by atoms with E-state index < -0.39 is 0 Å². The number of hydrogen-bond donors (Lipinski definition) is 2. The van der Waals surface area contributed by atoms with Crippen LogP contribution >= 0.6 is 0 Å². The van der Waals surface area contributed by atoms with Crippen molar-refractivity contribution in [2.24, 2.45) is 0 Å². The van der Waals surface area contributed by atoms with Crippen LogP contribution in [0.5, 0.6) is 5.75 Å². The molecule has 0 aliphatic heterocycles. The van der Waals surface area contributed by atoms with Gasteiger partial charge in [0.15, 0.2) is 0 Å². The molecular weight excluding hydrogens is 226 g/mol. The maximum Gasteiger partial charge on any atom is 0.142 e. The van der Waals surface area contributed by atoms with Crippen molar-refractivity contribution in [2.75, 3.05) is 44.8 Å². The maximum atomic E-state index is 5.83. The van der Waals surface area contributed by atoms with E-state index in [-0.39, 0.29) is 0 Å². The summed E-state index contributed by atoms with van der Waals surface area (Å²) in [6.07, 6.45) is 1.03.